The van der Waals surface area contributed by atoms with Gasteiger partial charge in [0.1, 0.15) is 5.03 Å². The Bertz CT molecular complexity index is 676. The SMILES string of the molecule is CC1Cc2ccccc2N1C(=O)CSc1nccnc1N. The minimum absolute atomic E-state index is 0.0718. The molecule has 1 aliphatic heterocycles. The molecule has 1 aliphatic rings. The van der Waals surface area contributed by atoms with E-state index in [1.165, 1.54) is 17.3 Å². The van der Waals surface area contributed by atoms with Gasteiger partial charge in [0, 0.05) is 24.1 Å². The summed E-state index contributed by atoms with van der Waals surface area (Å²) in [5.74, 6) is 0.745. The number of hydrogen-bond donors (Lipinski definition) is 1. The van der Waals surface area contributed by atoms with Crippen LogP contribution in [0.5, 0.6) is 0 Å². The number of aromatic nitrogens is 2. The van der Waals surface area contributed by atoms with Gasteiger partial charge in [0.2, 0.25) is 5.91 Å². The summed E-state index contributed by atoms with van der Waals surface area (Å²) in [6.45, 7) is 2.07. The molecule has 2 aromatic rings. The smallest absolute Gasteiger partial charge is 0.237 e. The highest BCUT2D eigenvalue weighted by molar-refractivity contribution is 8.00. The van der Waals surface area contributed by atoms with Crippen LogP contribution in [0.3, 0.4) is 0 Å². The zero-order valence-electron chi connectivity index (χ0n) is 11.7. The highest BCUT2D eigenvalue weighted by Crippen LogP contribution is 2.32. The molecule has 1 aromatic carbocycles. The number of fused-ring (bicyclic) bond motifs is 1. The number of carbonyl (C=O) groups excluding carboxylic acids is 1. The monoisotopic (exact) mass is 300 g/mol. The van der Waals surface area contributed by atoms with Gasteiger partial charge in [0.05, 0.1) is 5.75 Å². The van der Waals surface area contributed by atoms with Crippen LogP contribution in [0.15, 0.2) is 41.7 Å². The maximum absolute atomic E-state index is 12.5. The Morgan fingerprint density at radius 3 is 2.95 bits per heavy atom. The van der Waals surface area contributed by atoms with Crippen LogP contribution < -0.4 is 10.6 Å². The third-order valence-corrected chi connectivity index (χ3v) is 4.48. The first-order chi connectivity index (χ1) is 10.2. The fourth-order valence-corrected chi connectivity index (χ4v) is 3.33. The first-order valence-corrected chi connectivity index (χ1v) is 7.74. The molecule has 1 atom stereocenters. The second-order valence-electron chi connectivity index (χ2n) is 4.98. The van der Waals surface area contributed by atoms with Gasteiger partial charge in [-0.2, -0.15) is 0 Å². The van der Waals surface area contributed by atoms with E-state index in [2.05, 4.69) is 23.0 Å². The number of hydrogen-bond acceptors (Lipinski definition) is 5. The van der Waals surface area contributed by atoms with Gasteiger partial charge in [-0.3, -0.25) is 4.79 Å². The Labute approximate surface area is 127 Å². The summed E-state index contributed by atoms with van der Waals surface area (Å²) in [4.78, 5) is 22.5. The van der Waals surface area contributed by atoms with Crippen LogP contribution >= 0.6 is 11.8 Å². The van der Waals surface area contributed by atoms with Gasteiger partial charge in [-0.1, -0.05) is 30.0 Å². The average Bonchev–Trinajstić information content (AvgIpc) is 2.82. The molecule has 1 unspecified atom stereocenters. The first kappa shape index (κ1) is 13.9. The van der Waals surface area contributed by atoms with Crippen molar-refractivity contribution in [3.8, 4) is 0 Å². The Morgan fingerprint density at radius 1 is 1.38 bits per heavy atom. The largest absolute Gasteiger partial charge is 0.381 e. The third kappa shape index (κ3) is 2.71. The molecule has 2 heterocycles. The lowest BCUT2D eigenvalue weighted by Crippen LogP contribution is -2.37. The highest BCUT2D eigenvalue weighted by atomic mass is 32.2. The van der Waals surface area contributed by atoms with Crippen LogP contribution in [0, 0.1) is 0 Å². The van der Waals surface area contributed by atoms with Crippen LogP contribution in [0.1, 0.15) is 12.5 Å². The van der Waals surface area contributed by atoms with Crippen molar-refractivity contribution in [2.45, 2.75) is 24.4 Å². The second kappa shape index (κ2) is 5.73. The van der Waals surface area contributed by atoms with Crippen LogP contribution in [-0.2, 0) is 11.2 Å². The molecule has 5 nitrogen and oxygen atoms in total. The number of nitrogens with two attached hydrogens (primary N) is 1. The fourth-order valence-electron chi connectivity index (χ4n) is 2.59. The van der Waals surface area contributed by atoms with Crippen molar-refractivity contribution in [1.29, 1.82) is 0 Å². The lowest BCUT2D eigenvalue weighted by Gasteiger charge is -2.22. The van der Waals surface area contributed by atoms with Crippen molar-refractivity contribution in [3.05, 3.63) is 42.2 Å². The minimum Gasteiger partial charge on any atom is -0.381 e. The van der Waals surface area contributed by atoms with E-state index < -0.39 is 0 Å². The zero-order valence-corrected chi connectivity index (χ0v) is 12.5. The Hall–Kier alpha value is -2.08. The van der Waals surface area contributed by atoms with Crippen LogP contribution in [0.2, 0.25) is 0 Å². The first-order valence-electron chi connectivity index (χ1n) is 6.76. The quantitative estimate of drug-likeness (QED) is 0.879. The van der Waals surface area contributed by atoms with Crippen LogP contribution in [-0.4, -0.2) is 27.7 Å². The summed E-state index contributed by atoms with van der Waals surface area (Å²) >= 11 is 1.33. The number of amides is 1. The van der Waals surface area contributed by atoms with Crippen molar-refractivity contribution < 1.29 is 4.79 Å². The third-order valence-electron chi connectivity index (χ3n) is 3.50. The fraction of sp³-hybridized carbons (Fsp3) is 0.267. The van der Waals surface area contributed by atoms with E-state index in [0.717, 1.165) is 12.1 Å². The van der Waals surface area contributed by atoms with Gasteiger partial charge >= 0.3 is 0 Å². The molecule has 0 radical (unpaired) electrons. The number of carbonyl (C=O) groups is 1. The standard InChI is InChI=1S/C15H16N4OS/c1-10-8-11-4-2-3-5-12(11)19(10)13(20)9-21-15-14(16)17-6-7-18-15/h2-7,10H,8-9H2,1H3,(H2,16,17). The zero-order chi connectivity index (χ0) is 14.8. The Kier molecular flexibility index (Phi) is 3.79. The minimum atomic E-state index is 0.0718. The van der Waals surface area contributed by atoms with E-state index >= 15 is 0 Å². The maximum Gasteiger partial charge on any atom is 0.237 e. The van der Waals surface area contributed by atoms with E-state index in [1.807, 2.05) is 23.1 Å². The number of nitrogens with zero attached hydrogens (tertiary/aromatic N) is 3. The van der Waals surface area contributed by atoms with Crippen molar-refractivity contribution in [3.63, 3.8) is 0 Å². The molecule has 0 saturated carbocycles. The molecular formula is C15H16N4OS. The molecule has 2 N–H and O–H groups in total. The number of rotatable bonds is 3. The highest BCUT2D eigenvalue weighted by Gasteiger charge is 2.30. The molecule has 1 amide bonds. The number of thioether (sulfide) groups is 1. The van der Waals surface area contributed by atoms with Gasteiger partial charge in [-0.05, 0) is 25.0 Å². The van der Waals surface area contributed by atoms with E-state index in [1.54, 1.807) is 12.4 Å². The molecule has 0 spiro atoms. The van der Waals surface area contributed by atoms with Crippen LogP contribution in [0.4, 0.5) is 11.5 Å². The van der Waals surface area contributed by atoms with Gasteiger partial charge < -0.3 is 10.6 Å². The van der Waals surface area contributed by atoms with E-state index in [4.69, 9.17) is 5.73 Å². The normalized spacial score (nSPS) is 16.8. The summed E-state index contributed by atoms with van der Waals surface area (Å²) in [6, 6.07) is 8.24. The van der Waals surface area contributed by atoms with Crippen molar-refractivity contribution in [1.82, 2.24) is 9.97 Å². The lowest BCUT2D eigenvalue weighted by molar-refractivity contribution is -0.116. The molecule has 0 saturated heterocycles. The number of para-hydroxylation sites is 1. The topological polar surface area (TPSA) is 72.1 Å². The molecule has 21 heavy (non-hydrogen) atoms. The van der Waals surface area contributed by atoms with Gasteiger partial charge in [-0.25, -0.2) is 9.97 Å². The van der Waals surface area contributed by atoms with E-state index in [0.29, 0.717) is 16.6 Å². The Balaban J connectivity index is 1.73. The number of nitrogen functional groups attached to an aromatic ring is 1. The number of anilines is 2. The predicted molar refractivity (Wildman–Crippen MR) is 84.3 cm³/mol. The van der Waals surface area contributed by atoms with E-state index in [-0.39, 0.29) is 11.9 Å². The molecule has 0 aliphatic carbocycles. The molecule has 0 bridgehead atoms. The maximum atomic E-state index is 12.5. The summed E-state index contributed by atoms with van der Waals surface area (Å²) in [5.41, 5.74) is 7.99. The van der Waals surface area contributed by atoms with Crippen molar-refractivity contribution >= 4 is 29.2 Å². The van der Waals surface area contributed by atoms with Crippen LogP contribution in [0.25, 0.3) is 0 Å². The molecule has 3 rings (SSSR count). The Morgan fingerprint density at radius 2 is 2.14 bits per heavy atom. The summed E-state index contributed by atoms with van der Waals surface area (Å²) in [5, 5.41) is 0.603. The van der Waals surface area contributed by atoms with Gasteiger partial charge in [0.15, 0.2) is 5.82 Å². The predicted octanol–water partition coefficient (Wildman–Crippen LogP) is 2.13. The summed E-state index contributed by atoms with van der Waals surface area (Å²) in [6.07, 6.45) is 4.02. The second-order valence-corrected chi connectivity index (χ2v) is 5.95. The molecule has 0 fully saturated rings. The molecule has 1 aromatic heterocycles. The lowest BCUT2D eigenvalue weighted by atomic mass is 10.1. The number of benzene rings is 1. The van der Waals surface area contributed by atoms with Gasteiger partial charge in [0.25, 0.3) is 0 Å². The molecular weight excluding hydrogens is 284 g/mol. The summed E-state index contributed by atoms with van der Waals surface area (Å²) < 4.78 is 0. The molecule has 6 heteroatoms. The van der Waals surface area contributed by atoms with E-state index in [9.17, 15) is 4.79 Å². The average molecular weight is 300 g/mol. The van der Waals surface area contributed by atoms with Crippen molar-refractivity contribution in [2.75, 3.05) is 16.4 Å². The van der Waals surface area contributed by atoms with Gasteiger partial charge in [-0.15, -0.1) is 0 Å². The summed E-state index contributed by atoms with van der Waals surface area (Å²) in [7, 11) is 0. The van der Waals surface area contributed by atoms with Crippen molar-refractivity contribution in [2.24, 2.45) is 0 Å². The molecule has 108 valence electrons.